The van der Waals surface area contributed by atoms with E-state index in [-0.39, 0.29) is 6.61 Å². The molecule has 0 amide bonds. The number of hydrogen-bond donors (Lipinski definition) is 4. The minimum Gasteiger partial charge on any atom is -0.391 e. The topological polar surface area (TPSA) is 99.4 Å². The second-order valence-electron chi connectivity index (χ2n) is 4.34. The van der Waals surface area contributed by atoms with E-state index in [9.17, 15) is 20.4 Å². The Labute approximate surface area is 101 Å². The Morgan fingerprint density at radius 2 is 2.00 bits per heavy atom. The van der Waals surface area contributed by atoms with Gasteiger partial charge in [0, 0.05) is 0 Å². The lowest BCUT2D eigenvalue weighted by molar-refractivity contribution is -0.348. The zero-order valence-electron chi connectivity index (χ0n) is 10.1. The summed E-state index contributed by atoms with van der Waals surface area (Å²) in [6.07, 6.45) is -1.21. The fourth-order valence-corrected chi connectivity index (χ4v) is 1.79. The van der Waals surface area contributed by atoms with Crippen molar-refractivity contribution in [2.24, 2.45) is 0 Å². The third kappa shape index (κ3) is 3.37. The highest BCUT2D eigenvalue weighted by atomic mass is 16.7. The van der Waals surface area contributed by atoms with Crippen molar-refractivity contribution >= 4 is 0 Å². The van der Waals surface area contributed by atoms with Gasteiger partial charge < -0.3 is 29.9 Å². The minimum atomic E-state index is -1.62. The molecule has 0 spiro atoms. The zero-order chi connectivity index (χ0) is 12.9. The summed E-state index contributed by atoms with van der Waals surface area (Å²) in [6.45, 7) is 1.64. The van der Waals surface area contributed by atoms with Gasteiger partial charge in [-0.15, -0.1) is 0 Å². The lowest BCUT2D eigenvalue weighted by Crippen LogP contribution is -2.63. The Hall–Kier alpha value is -0.240. The van der Waals surface area contributed by atoms with Crippen molar-refractivity contribution in [3.63, 3.8) is 0 Å². The van der Waals surface area contributed by atoms with E-state index in [0.717, 1.165) is 19.3 Å². The second-order valence-corrected chi connectivity index (χ2v) is 4.34. The fraction of sp³-hybridized carbons (Fsp3) is 1.00. The number of aliphatic hydroxyl groups is 4. The molecule has 0 unspecified atom stereocenters. The highest BCUT2D eigenvalue weighted by Gasteiger charge is 2.50. The molecule has 102 valence electrons. The molecule has 0 aliphatic carbocycles. The molecule has 1 rings (SSSR count). The molecule has 0 aromatic heterocycles. The summed E-state index contributed by atoms with van der Waals surface area (Å²) in [7, 11) is 0. The Balaban J connectivity index is 2.54. The SMILES string of the molecule is CCCCCO[C@]1(CO)OC[C@@H](O)[C@@H](O)[C@@H]1O. The molecule has 17 heavy (non-hydrogen) atoms. The predicted molar refractivity (Wildman–Crippen MR) is 59.3 cm³/mol. The predicted octanol–water partition coefficient (Wildman–Crippen LogP) is -1.01. The summed E-state index contributed by atoms with van der Waals surface area (Å²) in [5, 5.41) is 37.9. The molecule has 1 aliphatic rings. The highest BCUT2D eigenvalue weighted by Crippen LogP contribution is 2.27. The number of aliphatic hydroxyl groups excluding tert-OH is 4. The van der Waals surface area contributed by atoms with E-state index >= 15 is 0 Å². The summed E-state index contributed by atoms with van der Waals surface area (Å²) < 4.78 is 10.5. The van der Waals surface area contributed by atoms with E-state index in [4.69, 9.17) is 9.47 Å². The maximum atomic E-state index is 9.79. The largest absolute Gasteiger partial charge is 0.391 e. The molecule has 1 aliphatic heterocycles. The summed E-state index contributed by atoms with van der Waals surface area (Å²) in [6, 6.07) is 0. The van der Waals surface area contributed by atoms with Gasteiger partial charge in [-0.2, -0.15) is 0 Å². The van der Waals surface area contributed by atoms with Crippen LogP contribution in [-0.2, 0) is 9.47 Å². The van der Waals surface area contributed by atoms with Gasteiger partial charge in [-0.1, -0.05) is 19.8 Å². The van der Waals surface area contributed by atoms with Gasteiger partial charge >= 0.3 is 0 Å². The van der Waals surface area contributed by atoms with Crippen LogP contribution in [0.15, 0.2) is 0 Å². The molecule has 6 nitrogen and oxygen atoms in total. The van der Waals surface area contributed by atoms with Gasteiger partial charge in [-0.05, 0) is 6.42 Å². The van der Waals surface area contributed by atoms with Gasteiger partial charge in [-0.3, -0.25) is 0 Å². The van der Waals surface area contributed by atoms with E-state index in [1.165, 1.54) is 0 Å². The molecule has 0 aromatic rings. The number of rotatable bonds is 6. The third-order valence-corrected chi connectivity index (χ3v) is 2.98. The van der Waals surface area contributed by atoms with E-state index in [1.807, 2.05) is 6.92 Å². The molecule has 1 saturated heterocycles. The Bertz CT molecular complexity index is 224. The van der Waals surface area contributed by atoms with Gasteiger partial charge in [0.05, 0.1) is 13.2 Å². The van der Waals surface area contributed by atoms with Crippen molar-refractivity contribution in [3.05, 3.63) is 0 Å². The maximum Gasteiger partial charge on any atom is 0.221 e. The van der Waals surface area contributed by atoms with Crippen LogP contribution in [0, 0.1) is 0 Å². The molecule has 1 fully saturated rings. The van der Waals surface area contributed by atoms with Crippen LogP contribution in [0.25, 0.3) is 0 Å². The molecule has 1 heterocycles. The molecule has 4 N–H and O–H groups in total. The lowest BCUT2D eigenvalue weighted by atomic mass is 9.97. The molecule has 0 radical (unpaired) electrons. The van der Waals surface area contributed by atoms with Crippen molar-refractivity contribution in [2.75, 3.05) is 19.8 Å². The molecular weight excluding hydrogens is 228 g/mol. The zero-order valence-corrected chi connectivity index (χ0v) is 10.1. The van der Waals surface area contributed by atoms with Crippen LogP contribution >= 0.6 is 0 Å². The molecule has 0 aromatic carbocycles. The first-order valence-electron chi connectivity index (χ1n) is 6.00. The minimum absolute atomic E-state index is 0.174. The number of ether oxygens (including phenoxy) is 2. The first-order chi connectivity index (χ1) is 8.07. The number of unbranched alkanes of at least 4 members (excludes halogenated alkanes) is 2. The quantitative estimate of drug-likeness (QED) is 0.451. The normalized spacial score (nSPS) is 38.3. The van der Waals surface area contributed by atoms with Crippen LogP contribution in [0.2, 0.25) is 0 Å². The summed E-state index contributed by atoms with van der Waals surface area (Å²) in [5.74, 6) is -1.62. The molecule has 0 saturated carbocycles. The Morgan fingerprint density at radius 3 is 2.59 bits per heavy atom. The summed E-state index contributed by atoms with van der Waals surface area (Å²) in [4.78, 5) is 0. The first kappa shape index (κ1) is 14.8. The smallest absolute Gasteiger partial charge is 0.221 e. The van der Waals surface area contributed by atoms with Crippen molar-refractivity contribution in [1.29, 1.82) is 0 Å². The van der Waals surface area contributed by atoms with Gasteiger partial charge in [0.15, 0.2) is 0 Å². The molecule has 4 atom stereocenters. The van der Waals surface area contributed by atoms with E-state index < -0.39 is 30.7 Å². The third-order valence-electron chi connectivity index (χ3n) is 2.98. The monoisotopic (exact) mass is 250 g/mol. The van der Waals surface area contributed by atoms with Crippen molar-refractivity contribution in [3.8, 4) is 0 Å². The van der Waals surface area contributed by atoms with Crippen molar-refractivity contribution < 1.29 is 29.9 Å². The average Bonchev–Trinajstić information content (AvgIpc) is 2.35. The Kier molecular flexibility index (Phi) is 5.78. The van der Waals surface area contributed by atoms with Gasteiger partial charge in [0.25, 0.3) is 0 Å². The van der Waals surface area contributed by atoms with Crippen LogP contribution in [0.1, 0.15) is 26.2 Å². The fourth-order valence-electron chi connectivity index (χ4n) is 1.79. The van der Waals surface area contributed by atoms with Gasteiger partial charge in [0.2, 0.25) is 5.79 Å². The first-order valence-corrected chi connectivity index (χ1v) is 6.00. The van der Waals surface area contributed by atoms with Gasteiger partial charge in [-0.25, -0.2) is 0 Å². The maximum absolute atomic E-state index is 9.79. The van der Waals surface area contributed by atoms with E-state index in [0.29, 0.717) is 6.61 Å². The van der Waals surface area contributed by atoms with E-state index in [2.05, 4.69) is 0 Å². The standard InChI is InChI=1S/C11H22O6/c1-2-3-4-5-16-11(7-12)10(15)9(14)8(13)6-17-11/h8-10,12-15H,2-7H2,1H3/t8-,9-,10+,11-/m1/s1. The summed E-state index contributed by atoms with van der Waals surface area (Å²) in [5.41, 5.74) is 0. The lowest BCUT2D eigenvalue weighted by Gasteiger charge is -2.43. The van der Waals surface area contributed by atoms with Crippen LogP contribution < -0.4 is 0 Å². The van der Waals surface area contributed by atoms with E-state index in [1.54, 1.807) is 0 Å². The van der Waals surface area contributed by atoms with Crippen LogP contribution in [-0.4, -0.2) is 64.3 Å². The molecular formula is C11H22O6. The Morgan fingerprint density at radius 1 is 1.29 bits per heavy atom. The summed E-state index contributed by atoms with van der Waals surface area (Å²) >= 11 is 0. The average molecular weight is 250 g/mol. The van der Waals surface area contributed by atoms with Gasteiger partial charge in [0.1, 0.15) is 24.9 Å². The molecule has 0 bridgehead atoms. The highest BCUT2D eigenvalue weighted by molar-refractivity contribution is 4.92. The van der Waals surface area contributed by atoms with Crippen LogP contribution in [0.5, 0.6) is 0 Å². The van der Waals surface area contributed by atoms with Crippen molar-refractivity contribution in [1.82, 2.24) is 0 Å². The van der Waals surface area contributed by atoms with Crippen molar-refractivity contribution in [2.45, 2.75) is 50.3 Å². The second kappa shape index (κ2) is 6.63. The van der Waals surface area contributed by atoms with Crippen LogP contribution in [0.4, 0.5) is 0 Å². The molecule has 6 heteroatoms. The number of hydrogen-bond acceptors (Lipinski definition) is 6. The van der Waals surface area contributed by atoms with Crippen LogP contribution in [0.3, 0.4) is 0 Å².